The minimum atomic E-state index is 0.00122. The maximum atomic E-state index is 6.52. The fraction of sp³-hybridized carbons (Fsp3) is 0.375. The average molecular weight is 527 g/mol. The Balaban J connectivity index is 1.19. The Morgan fingerprint density at radius 1 is 0.923 bits per heavy atom. The molecule has 1 aliphatic heterocycles. The van der Waals surface area contributed by atoms with Gasteiger partial charge in [-0.2, -0.15) is 0 Å². The quantitative estimate of drug-likeness (QED) is 0.228. The van der Waals surface area contributed by atoms with Crippen LogP contribution in [0, 0.1) is 0 Å². The maximum absolute atomic E-state index is 6.52. The summed E-state index contributed by atoms with van der Waals surface area (Å²) in [6.07, 6.45) is 8.18. The lowest BCUT2D eigenvalue weighted by Crippen LogP contribution is -2.41. The molecular weight excluding hydrogens is 488 g/mol. The SMILES string of the molecule is COc1cc(COC2CNCCC2c2cnc(NCCCCc3ccccc3)nc2)c(OC)c2ccccc12. The van der Waals surface area contributed by atoms with E-state index < -0.39 is 0 Å². The third kappa shape index (κ3) is 6.67. The summed E-state index contributed by atoms with van der Waals surface area (Å²) in [5, 5.41) is 8.89. The second kappa shape index (κ2) is 13.4. The summed E-state index contributed by atoms with van der Waals surface area (Å²) in [6.45, 7) is 3.01. The van der Waals surface area contributed by atoms with Crippen molar-refractivity contribution < 1.29 is 14.2 Å². The molecule has 204 valence electrons. The van der Waals surface area contributed by atoms with Crippen LogP contribution in [-0.2, 0) is 17.8 Å². The molecule has 2 unspecified atom stereocenters. The lowest BCUT2D eigenvalue weighted by atomic mass is 9.89. The van der Waals surface area contributed by atoms with Crippen LogP contribution in [0.3, 0.4) is 0 Å². The molecule has 5 rings (SSSR count). The second-order valence-electron chi connectivity index (χ2n) is 9.98. The van der Waals surface area contributed by atoms with Crippen molar-refractivity contribution in [3.05, 3.63) is 89.7 Å². The Morgan fingerprint density at radius 2 is 1.69 bits per heavy atom. The largest absolute Gasteiger partial charge is 0.496 e. The lowest BCUT2D eigenvalue weighted by molar-refractivity contribution is 0.00970. The van der Waals surface area contributed by atoms with Crippen molar-refractivity contribution in [1.82, 2.24) is 15.3 Å². The number of aromatic nitrogens is 2. The number of hydrogen-bond acceptors (Lipinski definition) is 7. The standard InChI is InChI=1S/C32H38N4O3/c1-37-29-18-24(31(38-2)28-14-7-6-13-27(28)29)22-39-30-21-33-17-15-26(30)25-19-35-32(36-20-25)34-16-9-8-12-23-10-4-3-5-11-23/h3-7,10-11,13-14,18-20,26,30,33H,8-9,12,15-17,21-22H2,1-2H3,(H,34,35,36). The number of aryl methyl sites for hydroxylation is 1. The van der Waals surface area contributed by atoms with Gasteiger partial charge in [-0.1, -0.05) is 54.6 Å². The molecule has 2 atom stereocenters. The monoisotopic (exact) mass is 526 g/mol. The predicted octanol–water partition coefficient (Wildman–Crippen LogP) is 5.74. The molecule has 4 aromatic rings. The van der Waals surface area contributed by atoms with Crippen molar-refractivity contribution in [2.45, 2.75) is 44.3 Å². The highest BCUT2D eigenvalue weighted by atomic mass is 16.5. The number of rotatable bonds is 12. The van der Waals surface area contributed by atoms with Gasteiger partial charge in [0.2, 0.25) is 5.95 Å². The number of methoxy groups -OCH3 is 2. The zero-order valence-electron chi connectivity index (χ0n) is 22.9. The number of anilines is 1. The normalized spacial score (nSPS) is 17.2. The van der Waals surface area contributed by atoms with E-state index in [9.17, 15) is 0 Å². The number of hydrogen-bond donors (Lipinski definition) is 2. The van der Waals surface area contributed by atoms with Crippen LogP contribution >= 0.6 is 0 Å². The van der Waals surface area contributed by atoms with E-state index in [-0.39, 0.29) is 12.0 Å². The molecule has 0 bridgehead atoms. The number of nitrogens with one attached hydrogen (secondary N) is 2. The molecule has 2 heterocycles. The van der Waals surface area contributed by atoms with E-state index in [0.29, 0.717) is 12.6 Å². The first-order valence-corrected chi connectivity index (χ1v) is 13.8. The van der Waals surface area contributed by atoms with Gasteiger partial charge in [0, 0.05) is 47.7 Å². The van der Waals surface area contributed by atoms with Crippen LogP contribution in [0.25, 0.3) is 10.8 Å². The van der Waals surface area contributed by atoms with Gasteiger partial charge in [0.05, 0.1) is 26.9 Å². The highest BCUT2D eigenvalue weighted by Crippen LogP contribution is 2.38. The Kier molecular flexibility index (Phi) is 9.25. The molecule has 1 aromatic heterocycles. The van der Waals surface area contributed by atoms with E-state index in [1.165, 1.54) is 5.56 Å². The van der Waals surface area contributed by atoms with Gasteiger partial charge in [0.25, 0.3) is 0 Å². The van der Waals surface area contributed by atoms with E-state index in [2.05, 4.69) is 57.0 Å². The zero-order valence-corrected chi connectivity index (χ0v) is 22.9. The number of fused-ring (bicyclic) bond motifs is 1. The summed E-state index contributed by atoms with van der Waals surface area (Å²) >= 11 is 0. The third-order valence-corrected chi connectivity index (χ3v) is 7.46. The van der Waals surface area contributed by atoms with Gasteiger partial charge in [0.1, 0.15) is 11.5 Å². The van der Waals surface area contributed by atoms with Crippen molar-refractivity contribution >= 4 is 16.7 Å². The summed E-state index contributed by atoms with van der Waals surface area (Å²) < 4.78 is 18.0. The van der Waals surface area contributed by atoms with Crippen LogP contribution < -0.4 is 20.1 Å². The van der Waals surface area contributed by atoms with E-state index in [1.54, 1.807) is 14.2 Å². The van der Waals surface area contributed by atoms with Crippen molar-refractivity contribution in [3.8, 4) is 11.5 Å². The summed E-state index contributed by atoms with van der Waals surface area (Å²) in [6, 6.07) is 20.8. The van der Waals surface area contributed by atoms with Crippen molar-refractivity contribution in [2.75, 3.05) is 39.2 Å². The Labute approximate surface area is 230 Å². The first kappa shape index (κ1) is 26.9. The highest BCUT2D eigenvalue weighted by molar-refractivity contribution is 5.94. The van der Waals surface area contributed by atoms with Crippen LogP contribution in [0.15, 0.2) is 73.1 Å². The van der Waals surface area contributed by atoms with Gasteiger partial charge >= 0.3 is 0 Å². The zero-order chi connectivity index (χ0) is 26.9. The summed E-state index contributed by atoms with van der Waals surface area (Å²) in [5.41, 5.74) is 3.47. The van der Waals surface area contributed by atoms with Crippen LogP contribution in [0.5, 0.6) is 11.5 Å². The minimum absolute atomic E-state index is 0.00122. The first-order chi connectivity index (χ1) is 19.3. The third-order valence-electron chi connectivity index (χ3n) is 7.46. The number of ether oxygens (including phenoxy) is 3. The highest BCUT2D eigenvalue weighted by Gasteiger charge is 2.28. The summed E-state index contributed by atoms with van der Waals surface area (Å²) in [4.78, 5) is 9.22. The van der Waals surface area contributed by atoms with E-state index in [1.807, 2.05) is 36.7 Å². The number of piperidine rings is 1. The Hall–Kier alpha value is -3.68. The number of nitrogens with zero attached hydrogens (tertiary/aromatic N) is 2. The molecule has 7 nitrogen and oxygen atoms in total. The van der Waals surface area contributed by atoms with Crippen LogP contribution in [0.4, 0.5) is 5.95 Å². The molecule has 0 radical (unpaired) electrons. The number of unbranched alkanes of at least 4 members (excludes halogenated alkanes) is 1. The topological polar surface area (TPSA) is 77.5 Å². The van der Waals surface area contributed by atoms with Crippen LogP contribution in [0.1, 0.15) is 41.9 Å². The molecular formula is C32H38N4O3. The van der Waals surface area contributed by atoms with Gasteiger partial charge in [-0.05, 0) is 49.4 Å². The first-order valence-electron chi connectivity index (χ1n) is 13.8. The molecule has 0 spiro atoms. The Bertz CT molecular complexity index is 1330. The fourth-order valence-electron chi connectivity index (χ4n) is 5.39. The van der Waals surface area contributed by atoms with Gasteiger partial charge in [-0.3, -0.25) is 0 Å². The molecule has 0 amide bonds. The summed E-state index contributed by atoms with van der Waals surface area (Å²) in [5.74, 6) is 2.55. The van der Waals surface area contributed by atoms with Crippen LogP contribution in [-0.4, -0.2) is 49.9 Å². The van der Waals surface area contributed by atoms with Gasteiger partial charge < -0.3 is 24.8 Å². The van der Waals surface area contributed by atoms with Crippen molar-refractivity contribution in [2.24, 2.45) is 0 Å². The fourth-order valence-corrected chi connectivity index (χ4v) is 5.39. The minimum Gasteiger partial charge on any atom is -0.496 e. The molecule has 7 heteroatoms. The number of benzene rings is 3. The van der Waals surface area contributed by atoms with Gasteiger partial charge in [-0.25, -0.2) is 9.97 Å². The molecule has 0 saturated carbocycles. The molecule has 3 aromatic carbocycles. The molecule has 1 fully saturated rings. The molecule has 0 aliphatic carbocycles. The predicted molar refractivity (Wildman–Crippen MR) is 156 cm³/mol. The smallest absolute Gasteiger partial charge is 0.222 e. The van der Waals surface area contributed by atoms with E-state index >= 15 is 0 Å². The van der Waals surface area contributed by atoms with Crippen LogP contribution in [0.2, 0.25) is 0 Å². The summed E-state index contributed by atoms with van der Waals surface area (Å²) in [7, 11) is 3.40. The molecule has 39 heavy (non-hydrogen) atoms. The molecule has 2 N–H and O–H groups in total. The van der Waals surface area contributed by atoms with Gasteiger partial charge in [0.15, 0.2) is 0 Å². The molecule has 1 saturated heterocycles. The Morgan fingerprint density at radius 3 is 2.46 bits per heavy atom. The molecule has 1 aliphatic rings. The van der Waals surface area contributed by atoms with Crippen molar-refractivity contribution in [1.29, 1.82) is 0 Å². The van der Waals surface area contributed by atoms with E-state index in [0.717, 1.165) is 78.7 Å². The average Bonchev–Trinajstić information content (AvgIpc) is 3.00. The maximum Gasteiger partial charge on any atom is 0.222 e. The second-order valence-corrected chi connectivity index (χ2v) is 9.98. The van der Waals surface area contributed by atoms with Gasteiger partial charge in [-0.15, -0.1) is 0 Å². The van der Waals surface area contributed by atoms with Crippen molar-refractivity contribution in [3.63, 3.8) is 0 Å². The lowest BCUT2D eigenvalue weighted by Gasteiger charge is -2.32. The van der Waals surface area contributed by atoms with E-state index in [4.69, 9.17) is 14.2 Å².